The summed E-state index contributed by atoms with van der Waals surface area (Å²) < 4.78 is 5.62. The Labute approximate surface area is 211 Å². The van der Waals surface area contributed by atoms with Crippen molar-refractivity contribution in [3.8, 4) is 5.75 Å². The van der Waals surface area contributed by atoms with Crippen LogP contribution in [0.4, 0.5) is 4.79 Å². The monoisotopic (exact) mass is 482 g/mol. The molecule has 184 valence electrons. The second-order valence-electron chi connectivity index (χ2n) is 9.72. The molecule has 1 N–H and O–H groups in total. The molecule has 0 aromatic heterocycles. The summed E-state index contributed by atoms with van der Waals surface area (Å²) in [6.07, 6.45) is 0.982. The number of piperazine rings is 1. The zero-order chi connectivity index (χ0) is 24.5. The van der Waals surface area contributed by atoms with E-state index < -0.39 is 5.54 Å². The van der Waals surface area contributed by atoms with E-state index in [0.717, 1.165) is 62.6 Å². The Kier molecular flexibility index (Phi) is 5.95. The number of amides is 3. The number of ether oxygens (including phenoxy) is 1. The van der Waals surface area contributed by atoms with Crippen molar-refractivity contribution in [3.63, 3.8) is 0 Å². The third-order valence-corrected chi connectivity index (χ3v) is 7.49. The van der Waals surface area contributed by atoms with Gasteiger partial charge in [-0.25, -0.2) is 9.69 Å². The molecule has 0 unspecified atom stereocenters. The fraction of sp³-hybridized carbons (Fsp3) is 0.310. The average molecular weight is 483 g/mol. The molecule has 3 aliphatic rings. The van der Waals surface area contributed by atoms with Gasteiger partial charge in [-0.05, 0) is 28.3 Å². The van der Waals surface area contributed by atoms with E-state index in [1.807, 2.05) is 60.7 Å². The van der Waals surface area contributed by atoms with Crippen LogP contribution in [-0.2, 0) is 23.3 Å². The zero-order valence-electron chi connectivity index (χ0n) is 20.2. The number of benzene rings is 3. The number of hydrogen-bond donors (Lipinski definition) is 1. The Morgan fingerprint density at radius 2 is 1.44 bits per heavy atom. The lowest BCUT2D eigenvalue weighted by Crippen LogP contribution is -2.51. The molecule has 3 aromatic rings. The third-order valence-electron chi connectivity index (χ3n) is 7.49. The van der Waals surface area contributed by atoms with Crippen LogP contribution in [0.1, 0.15) is 22.3 Å². The zero-order valence-corrected chi connectivity index (χ0v) is 20.2. The van der Waals surface area contributed by atoms with E-state index in [4.69, 9.17) is 4.74 Å². The normalized spacial score (nSPS) is 19.7. The molecule has 0 radical (unpaired) electrons. The molecule has 36 heavy (non-hydrogen) atoms. The summed E-state index contributed by atoms with van der Waals surface area (Å²) in [7, 11) is 0. The second kappa shape index (κ2) is 9.41. The van der Waals surface area contributed by atoms with Gasteiger partial charge >= 0.3 is 6.03 Å². The number of carbonyl (C=O) groups excluding carboxylic acids is 2. The number of urea groups is 1. The molecular weight excluding hydrogens is 452 g/mol. The van der Waals surface area contributed by atoms with Crippen molar-refractivity contribution >= 4 is 11.9 Å². The van der Waals surface area contributed by atoms with Gasteiger partial charge in [-0.3, -0.25) is 14.6 Å². The molecule has 0 atom stereocenters. The fourth-order valence-electron chi connectivity index (χ4n) is 5.52. The van der Waals surface area contributed by atoms with Crippen molar-refractivity contribution in [1.82, 2.24) is 20.0 Å². The van der Waals surface area contributed by atoms with Crippen molar-refractivity contribution in [2.24, 2.45) is 0 Å². The first-order chi connectivity index (χ1) is 17.6. The van der Waals surface area contributed by atoms with E-state index in [1.165, 1.54) is 16.0 Å². The highest BCUT2D eigenvalue weighted by molar-refractivity contribution is 6.09. The van der Waals surface area contributed by atoms with E-state index in [2.05, 4.69) is 33.3 Å². The summed E-state index contributed by atoms with van der Waals surface area (Å²) in [5, 5.41) is 3.04. The van der Waals surface area contributed by atoms with Crippen molar-refractivity contribution in [2.75, 3.05) is 39.5 Å². The minimum Gasteiger partial charge on any atom is -0.493 e. The third kappa shape index (κ3) is 4.04. The Morgan fingerprint density at radius 3 is 2.11 bits per heavy atom. The summed E-state index contributed by atoms with van der Waals surface area (Å²) in [6.45, 7) is 5.34. The smallest absolute Gasteiger partial charge is 0.326 e. The van der Waals surface area contributed by atoms with Gasteiger partial charge in [0, 0.05) is 39.1 Å². The lowest BCUT2D eigenvalue weighted by atomic mass is 9.83. The largest absolute Gasteiger partial charge is 0.493 e. The van der Waals surface area contributed by atoms with Gasteiger partial charge in [0.1, 0.15) is 5.75 Å². The summed E-state index contributed by atoms with van der Waals surface area (Å²) >= 11 is 0. The fourth-order valence-corrected chi connectivity index (χ4v) is 5.52. The van der Waals surface area contributed by atoms with Crippen LogP contribution in [0.5, 0.6) is 5.75 Å². The minimum atomic E-state index is -1.21. The molecule has 7 heteroatoms. The summed E-state index contributed by atoms with van der Waals surface area (Å²) in [6, 6.07) is 25.2. The number of imide groups is 1. The van der Waals surface area contributed by atoms with Crippen LogP contribution >= 0.6 is 0 Å². The predicted octanol–water partition coefficient (Wildman–Crippen LogP) is 3.19. The maximum Gasteiger partial charge on any atom is 0.326 e. The summed E-state index contributed by atoms with van der Waals surface area (Å²) in [5.74, 6) is 0.784. The van der Waals surface area contributed by atoms with Gasteiger partial charge in [-0.1, -0.05) is 72.8 Å². The van der Waals surface area contributed by atoms with Gasteiger partial charge in [-0.2, -0.15) is 0 Å². The maximum atomic E-state index is 13.9. The van der Waals surface area contributed by atoms with Gasteiger partial charge < -0.3 is 10.1 Å². The van der Waals surface area contributed by atoms with Crippen LogP contribution in [0.3, 0.4) is 0 Å². The van der Waals surface area contributed by atoms with Gasteiger partial charge in [0.25, 0.3) is 5.91 Å². The molecule has 2 saturated heterocycles. The Balaban J connectivity index is 1.14. The highest BCUT2D eigenvalue weighted by atomic mass is 16.5. The van der Waals surface area contributed by atoms with E-state index in [9.17, 15) is 9.59 Å². The van der Waals surface area contributed by atoms with Gasteiger partial charge in [0.05, 0.1) is 13.3 Å². The topological polar surface area (TPSA) is 65.1 Å². The molecule has 0 aliphatic carbocycles. The molecule has 3 aromatic carbocycles. The molecule has 2 fully saturated rings. The van der Waals surface area contributed by atoms with Gasteiger partial charge in [-0.15, -0.1) is 0 Å². The molecule has 3 amide bonds. The lowest BCUT2D eigenvalue weighted by Gasteiger charge is -2.36. The maximum absolute atomic E-state index is 13.9. The number of fused-ring (bicyclic) bond motifs is 1. The Hall–Kier alpha value is -3.68. The SMILES string of the molecule is O=C1NC(c2ccccc2)(c2ccccc2)C(=O)N1CN1CCN(Cc2ccc3c(c2)CCO3)CC1. The van der Waals surface area contributed by atoms with Gasteiger partial charge in [0.2, 0.25) is 0 Å². The van der Waals surface area contributed by atoms with Crippen LogP contribution < -0.4 is 10.1 Å². The van der Waals surface area contributed by atoms with E-state index >= 15 is 0 Å². The number of rotatable bonds is 6. The van der Waals surface area contributed by atoms with Crippen LogP contribution in [0, 0.1) is 0 Å². The summed E-state index contributed by atoms with van der Waals surface area (Å²) in [4.78, 5) is 33.1. The van der Waals surface area contributed by atoms with E-state index in [1.54, 1.807) is 0 Å². The minimum absolute atomic E-state index is 0.229. The Bertz CT molecular complexity index is 1220. The van der Waals surface area contributed by atoms with Crippen LogP contribution in [-0.4, -0.2) is 66.1 Å². The van der Waals surface area contributed by atoms with Crippen molar-refractivity contribution in [2.45, 2.75) is 18.5 Å². The van der Waals surface area contributed by atoms with Gasteiger partial charge in [0.15, 0.2) is 5.54 Å². The van der Waals surface area contributed by atoms with Crippen molar-refractivity contribution in [1.29, 1.82) is 0 Å². The quantitative estimate of drug-likeness (QED) is 0.547. The molecule has 0 spiro atoms. The number of nitrogens with one attached hydrogen (secondary N) is 1. The molecular formula is C29H30N4O3. The van der Waals surface area contributed by atoms with Crippen LogP contribution in [0.2, 0.25) is 0 Å². The average Bonchev–Trinajstić information content (AvgIpc) is 3.49. The number of nitrogens with zero attached hydrogens (tertiary/aromatic N) is 3. The van der Waals surface area contributed by atoms with Crippen molar-refractivity contribution < 1.29 is 14.3 Å². The Morgan fingerprint density at radius 1 is 0.806 bits per heavy atom. The molecule has 3 heterocycles. The molecule has 3 aliphatic heterocycles. The molecule has 6 rings (SSSR count). The predicted molar refractivity (Wildman–Crippen MR) is 136 cm³/mol. The second-order valence-corrected chi connectivity index (χ2v) is 9.72. The highest BCUT2D eigenvalue weighted by Gasteiger charge is 2.53. The van der Waals surface area contributed by atoms with Crippen LogP contribution in [0.15, 0.2) is 78.9 Å². The molecule has 7 nitrogen and oxygen atoms in total. The first kappa shape index (κ1) is 22.8. The lowest BCUT2D eigenvalue weighted by molar-refractivity contribution is -0.132. The molecule has 0 bridgehead atoms. The van der Waals surface area contributed by atoms with E-state index in [0.29, 0.717) is 0 Å². The van der Waals surface area contributed by atoms with E-state index in [-0.39, 0.29) is 18.6 Å². The molecule has 0 saturated carbocycles. The highest BCUT2D eigenvalue weighted by Crippen LogP contribution is 2.36. The summed E-state index contributed by atoms with van der Waals surface area (Å²) in [5.41, 5.74) is 2.92. The van der Waals surface area contributed by atoms with Crippen LogP contribution in [0.25, 0.3) is 0 Å². The number of carbonyl (C=O) groups is 2. The first-order valence-electron chi connectivity index (χ1n) is 12.6. The number of hydrogen-bond acceptors (Lipinski definition) is 5. The first-order valence-corrected chi connectivity index (χ1v) is 12.6. The standard InChI is InChI=1S/C29H30N4O3/c34-27-29(24-7-3-1-4-8-24,25-9-5-2-6-10-25)30-28(35)33(27)21-32-16-14-31(15-17-32)20-22-11-12-26-23(19-22)13-18-36-26/h1-12,19H,13-18,20-21H2,(H,30,35). The van der Waals surface area contributed by atoms with Crippen molar-refractivity contribution in [3.05, 3.63) is 101 Å².